The van der Waals surface area contributed by atoms with Crippen LogP contribution in [0.4, 0.5) is 0 Å². The molecule has 11 heavy (non-hydrogen) atoms. The Morgan fingerprint density at radius 1 is 1.55 bits per heavy atom. The van der Waals surface area contributed by atoms with E-state index in [1.54, 1.807) is 7.05 Å². The molecule has 0 saturated carbocycles. The number of nitrogens with zero attached hydrogens (tertiary/aromatic N) is 1. The van der Waals surface area contributed by atoms with Crippen molar-refractivity contribution in [3.05, 3.63) is 37.0 Å². The largest absolute Gasteiger partial charge is 0.300 e. The van der Waals surface area contributed by atoms with Gasteiger partial charge in [-0.05, 0) is 6.92 Å². The Hall–Kier alpha value is -1.11. The lowest BCUT2D eigenvalue weighted by Gasteiger charge is -1.96. The summed E-state index contributed by atoms with van der Waals surface area (Å²) in [5.74, 6) is 0.233. The molecule has 1 unspecified atom stereocenters. The molecular formula is C10H15N. The second-order valence-electron chi connectivity index (χ2n) is 2.43. The predicted molar refractivity (Wildman–Crippen MR) is 52.1 cm³/mol. The number of hydrogen-bond donors (Lipinski definition) is 0. The van der Waals surface area contributed by atoms with Crippen molar-refractivity contribution in [1.82, 2.24) is 0 Å². The molecule has 0 fully saturated rings. The SMILES string of the molecule is C=CC(C=NC)/C=C\C(=C)C. The van der Waals surface area contributed by atoms with Crippen molar-refractivity contribution in [1.29, 1.82) is 0 Å². The second-order valence-corrected chi connectivity index (χ2v) is 2.43. The fourth-order valence-electron chi connectivity index (χ4n) is 0.637. The van der Waals surface area contributed by atoms with E-state index in [-0.39, 0.29) is 5.92 Å². The smallest absolute Gasteiger partial charge is 0.0298 e. The zero-order chi connectivity index (χ0) is 8.69. The summed E-state index contributed by atoms with van der Waals surface area (Å²) < 4.78 is 0. The van der Waals surface area contributed by atoms with E-state index in [1.165, 1.54) is 0 Å². The summed E-state index contributed by atoms with van der Waals surface area (Å²) in [5, 5.41) is 0. The Morgan fingerprint density at radius 2 is 2.18 bits per heavy atom. The highest BCUT2D eigenvalue weighted by atomic mass is 14.6. The third-order valence-corrected chi connectivity index (χ3v) is 1.20. The molecule has 0 rings (SSSR count). The molecule has 0 spiro atoms. The maximum absolute atomic E-state index is 3.91. The van der Waals surface area contributed by atoms with Crippen molar-refractivity contribution in [2.45, 2.75) is 6.92 Å². The van der Waals surface area contributed by atoms with E-state index in [0.29, 0.717) is 0 Å². The average molecular weight is 149 g/mol. The molecular weight excluding hydrogens is 134 g/mol. The van der Waals surface area contributed by atoms with Crippen LogP contribution in [-0.4, -0.2) is 13.3 Å². The van der Waals surface area contributed by atoms with Crippen LogP contribution in [0.5, 0.6) is 0 Å². The Morgan fingerprint density at radius 3 is 2.55 bits per heavy atom. The molecule has 0 radical (unpaired) electrons. The van der Waals surface area contributed by atoms with E-state index in [9.17, 15) is 0 Å². The van der Waals surface area contributed by atoms with Gasteiger partial charge < -0.3 is 0 Å². The maximum Gasteiger partial charge on any atom is 0.0298 e. The van der Waals surface area contributed by atoms with E-state index in [1.807, 2.05) is 31.4 Å². The van der Waals surface area contributed by atoms with Gasteiger partial charge >= 0.3 is 0 Å². The van der Waals surface area contributed by atoms with Gasteiger partial charge in [0, 0.05) is 19.2 Å². The summed E-state index contributed by atoms with van der Waals surface area (Å²) >= 11 is 0. The molecule has 0 aromatic heterocycles. The molecule has 0 aliphatic carbocycles. The highest BCUT2D eigenvalue weighted by molar-refractivity contribution is 5.65. The van der Waals surface area contributed by atoms with Crippen molar-refractivity contribution in [3.63, 3.8) is 0 Å². The first kappa shape index (κ1) is 9.89. The van der Waals surface area contributed by atoms with Crippen molar-refractivity contribution in [2.75, 3.05) is 7.05 Å². The number of aliphatic imine (C=N–C) groups is 1. The Bertz CT molecular complexity index is 187. The first-order valence-corrected chi connectivity index (χ1v) is 3.59. The maximum atomic E-state index is 3.91. The normalized spacial score (nSPS) is 14.0. The van der Waals surface area contributed by atoms with Crippen LogP contribution in [0.25, 0.3) is 0 Å². The van der Waals surface area contributed by atoms with Crippen LogP contribution in [0, 0.1) is 5.92 Å². The van der Waals surface area contributed by atoms with Gasteiger partial charge in [0.1, 0.15) is 0 Å². The molecule has 0 aromatic carbocycles. The molecule has 1 heteroatoms. The van der Waals surface area contributed by atoms with Gasteiger partial charge in [-0.15, -0.1) is 6.58 Å². The highest BCUT2D eigenvalue weighted by Crippen LogP contribution is 1.99. The summed E-state index contributed by atoms with van der Waals surface area (Å²) in [6.45, 7) is 9.40. The van der Waals surface area contributed by atoms with Crippen LogP contribution in [0.15, 0.2) is 42.0 Å². The van der Waals surface area contributed by atoms with Gasteiger partial charge in [-0.3, -0.25) is 4.99 Å². The third kappa shape index (κ3) is 5.34. The molecule has 0 aliphatic rings. The van der Waals surface area contributed by atoms with Crippen LogP contribution in [-0.2, 0) is 0 Å². The van der Waals surface area contributed by atoms with Gasteiger partial charge in [-0.1, -0.05) is 30.4 Å². The lowest BCUT2D eigenvalue weighted by atomic mass is 10.1. The zero-order valence-electron chi connectivity index (χ0n) is 7.25. The van der Waals surface area contributed by atoms with Gasteiger partial charge in [0.05, 0.1) is 0 Å². The quantitative estimate of drug-likeness (QED) is 0.331. The molecule has 1 atom stereocenters. The predicted octanol–water partition coefficient (Wildman–Crippen LogP) is 2.62. The minimum atomic E-state index is 0.233. The molecule has 0 heterocycles. The topological polar surface area (TPSA) is 12.4 Å². The molecule has 0 aromatic rings. The van der Waals surface area contributed by atoms with Crippen molar-refractivity contribution >= 4 is 6.21 Å². The zero-order valence-corrected chi connectivity index (χ0v) is 7.25. The monoisotopic (exact) mass is 149 g/mol. The summed E-state index contributed by atoms with van der Waals surface area (Å²) in [7, 11) is 1.76. The van der Waals surface area contributed by atoms with Crippen molar-refractivity contribution in [3.8, 4) is 0 Å². The van der Waals surface area contributed by atoms with Gasteiger partial charge in [-0.2, -0.15) is 0 Å². The number of hydrogen-bond acceptors (Lipinski definition) is 1. The van der Waals surface area contributed by atoms with Crippen LogP contribution in [0.2, 0.25) is 0 Å². The van der Waals surface area contributed by atoms with Crippen molar-refractivity contribution < 1.29 is 0 Å². The lowest BCUT2D eigenvalue weighted by molar-refractivity contribution is 1.16. The second kappa shape index (κ2) is 5.66. The Kier molecular flexibility index (Phi) is 5.09. The van der Waals surface area contributed by atoms with Crippen molar-refractivity contribution in [2.24, 2.45) is 10.9 Å². The van der Waals surface area contributed by atoms with E-state index in [2.05, 4.69) is 18.2 Å². The van der Waals surface area contributed by atoms with Gasteiger partial charge in [-0.25, -0.2) is 0 Å². The molecule has 1 nitrogen and oxygen atoms in total. The average Bonchev–Trinajstić information content (AvgIpc) is 1.97. The van der Waals surface area contributed by atoms with E-state index in [0.717, 1.165) is 5.57 Å². The summed E-state index contributed by atoms with van der Waals surface area (Å²) in [4.78, 5) is 3.91. The molecule has 0 saturated heterocycles. The Labute approximate surface area is 68.9 Å². The first-order valence-electron chi connectivity index (χ1n) is 3.59. The van der Waals surface area contributed by atoms with E-state index >= 15 is 0 Å². The molecule has 0 aliphatic heterocycles. The molecule has 60 valence electrons. The summed E-state index contributed by atoms with van der Waals surface area (Å²) in [5.41, 5.74) is 1.04. The molecule has 0 amide bonds. The fraction of sp³-hybridized carbons (Fsp3) is 0.300. The lowest BCUT2D eigenvalue weighted by Crippen LogP contribution is -1.91. The standard InChI is InChI=1S/C10H15N/c1-5-10(8-11-4)7-6-9(2)3/h5-8,10H,1-2H2,3-4H3/b7-6-,11-8?. The Balaban J connectivity index is 4.07. The van der Waals surface area contributed by atoms with Crippen LogP contribution >= 0.6 is 0 Å². The minimum Gasteiger partial charge on any atom is -0.300 e. The minimum absolute atomic E-state index is 0.233. The molecule has 0 bridgehead atoms. The first-order chi connectivity index (χ1) is 5.20. The number of rotatable bonds is 4. The van der Waals surface area contributed by atoms with E-state index in [4.69, 9.17) is 0 Å². The van der Waals surface area contributed by atoms with Crippen LogP contribution in [0.3, 0.4) is 0 Å². The van der Waals surface area contributed by atoms with Crippen LogP contribution in [0.1, 0.15) is 6.92 Å². The van der Waals surface area contributed by atoms with Gasteiger partial charge in [0.2, 0.25) is 0 Å². The summed E-state index contributed by atoms with van der Waals surface area (Å²) in [6.07, 6.45) is 7.66. The summed E-state index contributed by atoms with van der Waals surface area (Å²) in [6, 6.07) is 0. The third-order valence-electron chi connectivity index (χ3n) is 1.20. The number of allylic oxidation sites excluding steroid dienone is 4. The van der Waals surface area contributed by atoms with E-state index < -0.39 is 0 Å². The van der Waals surface area contributed by atoms with Crippen LogP contribution < -0.4 is 0 Å². The van der Waals surface area contributed by atoms with Gasteiger partial charge in [0.25, 0.3) is 0 Å². The highest BCUT2D eigenvalue weighted by Gasteiger charge is 1.90. The molecule has 0 N–H and O–H groups in total. The van der Waals surface area contributed by atoms with Gasteiger partial charge in [0.15, 0.2) is 0 Å². The fourth-order valence-corrected chi connectivity index (χ4v) is 0.637.